The normalized spacial score (nSPS) is 17.6. The minimum Gasteiger partial charge on any atom is -0.331 e. The highest BCUT2D eigenvalue weighted by Gasteiger charge is 2.35. The second kappa shape index (κ2) is 7.48. The molecule has 2 aliphatic rings. The van der Waals surface area contributed by atoms with E-state index in [1.807, 2.05) is 45.0 Å². The predicted octanol–water partition coefficient (Wildman–Crippen LogP) is 2.16. The molecule has 1 aromatic carbocycles. The molecule has 140 valence electrons. The molecule has 1 heterocycles. The average molecular weight is 357 g/mol. The molecule has 3 rings (SSSR count). The second-order valence-corrected chi connectivity index (χ2v) is 7.58. The maximum absolute atomic E-state index is 12.7. The summed E-state index contributed by atoms with van der Waals surface area (Å²) in [6.07, 6.45) is 2.92. The van der Waals surface area contributed by atoms with Crippen molar-refractivity contribution in [3.8, 4) is 0 Å². The van der Waals surface area contributed by atoms with Crippen LogP contribution in [0, 0.1) is 12.8 Å². The van der Waals surface area contributed by atoms with Crippen molar-refractivity contribution in [2.75, 3.05) is 24.7 Å². The van der Waals surface area contributed by atoms with Crippen LogP contribution in [0.5, 0.6) is 0 Å². The zero-order valence-corrected chi connectivity index (χ0v) is 15.8. The zero-order chi connectivity index (χ0) is 18.8. The fourth-order valence-corrected chi connectivity index (χ4v) is 3.32. The number of aryl methyl sites for hydroxylation is 1. The van der Waals surface area contributed by atoms with Crippen molar-refractivity contribution in [3.05, 3.63) is 29.8 Å². The minimum absolute atomic E-state index is 0.0291. The number of hydrogen-bond acceptors (Lipinski definition) is 3. The van der Waals surface area contributed by atoms with Crippen LogP contribution in [0.2, 0.25) is 0 Å². The Kier molecular flexibility index (Phi) is 5.30. The van der Waals surface area contributed by atoms with E-state index >= 15 is 0 Å². The van der Waals surface area contributed by atoms with Gasteiger partial charge in [-0.05, 0) is 45.7 Å². The molecule has 3 amide bonds. The third-order valence-electron chi connectivity index (χ3n) is 5.30. The summed E-state index contributed by atoms with van der Waals surface area (Å²) in [6, 6.07) is 7.65. The van der Waals surface area contributed by atoms with Gasteiger partial charge in [0.15, 0.2) is 0 Å². The van der Waals surface area contributed by atoms with Crippen LogP contribution >= 0.6 is 0 Å². The van der Waals surface area contributed by atoms with Crippen molar-refractivity contribution in [1.82, 2.24) is 9.80 Å². The van der Waals surface area contributed by atoms with E-state index in [9.17, 15) is 14.4 Å². The van der Waals surface area contributed by atoms with E-state index in [-0.39, 0.29) is 49.4 Å². The van der Waals surface area contributed by atoms with Gasteiger partial charge in [0.1, 0.15) is 19.8 Å². The first-order valence-electron chi connectivity index (χ1n) is 9.32. The van der Waals surface area contributed by atoms with Crippen LogP contribution < -0.4 is 4.90 Å². The standard InChI is InChI=1S/C20H27N3O3/c1-14(2)22(20(26)16-5-4-6-16)12-18(24)21-11-19(25)23(13-21)17-9-7-15(3)8-10-17/h7-10,14,16H,4-6,11-13H2,1-3H3. The number of benzene rings is 1. The van der Waals surface area contributed by atoms with Gasteiger partial charge in [-0.25, -0.2) is 0 Å². The van der Waals surface area contributed by atoms with Crippen molar-refractivity contribution in [2.45, 2.75) is 46.1 Å². The quantitative estimate of drug-likeness (QED) is 0.811. The molecule has 0 spiro atoms. The molecule has 1 saturated heterocycles. The van der Waals surface area contributed by atoms with E-state index in [0.717, 1.165) is 30.5 Å². The summed E-state index contributed by atoms with van der Waals surface area (Å²) in [5, 5.41) is 0. The summed E-state index contributed by atoms with van der Waals surface area (Å²) >= 11 is 0. The molecule has 6 nitrogen and oxygen atoms in total. The monoisotopic (exact) mass is 357 g/mol. The fraction of sp³-hybridized carbons (Fsp3) is 0.550. The number of anilines is 1. The molecule has 0 bridgehead atoms. The maximum Gasteiger partial charge on any atom is 0.248 e. The fourth-order valence-electron chi connectivity index (χ4n) is 3.32. The highest BCUT2D eigenvalue weighted by Crippen LogP contribution is 2.29. The first-order chi connectivity index (χ1) is 12.4. The van der Waals surface area contributed by atoms with Gasteiger partial charge in [-0.1, -0.05) is 24.1 Å². The van der Waals surface area contributed by atoms with E-state index in [0.29, 0.717) is 0 Å². The molecule has 26 heavy (non-hydrogen) atoms. The van der Waals surface area contributed by atoms with Gasteiger partial charge in [0.25, 0.3) is 0 Å². The van der Waals surface area contributed by atoms with E-state index in [4.69, 9.17) is 0 Å². The number of carbonyl (C=O) groups is 3. The highest BCUT2D eigenvalue weighted by molar-refractivity contribution is 6.00. The Bertz CT molecular complexity index is 695. The molecule has 0 atom stereocenters. The van der Waals surface area contributed by atoms with E-state index in [2.05, 4.69) is 0 Å². The Morgan fingerprint density at radius 3 is 2.38 bits per heavy atom. The number of amides is 3. The molecular formula is C20H27N3O3. The third kappa shape index (κ3) is 3.74. The van der Waals surface area contributed by atoms with Crippen molar-refractivity contribution in [2.24, 2.45) is 5.92 Å². The summed E-state index contributed by atoms with van der Waals surface area (Å²) in [7, 11) is 0. The molecule has 0 N–H and O–H groups in total. The van der Waals surface area contributed by atoms with Gasteiger partial charge in [0, 0.05) is 17.6 Å². The topological polar surface area (TPSA) is 60.9 Å². The third-order valence-corrected chi connectivity index (χ3v) is 5.30. The van der Waals surface area contributed by atoms with Gasteiger partial charge < -0.3 is 9.80 Å². The van der Waals surface area contributed by atoms with Crippen molar-refractivity contribution < 1.29 is 14.4 Å². The Balaban J connectivity index is 1.65. The lowest BCUT2D eigenvalue weighted by Gasteiger charge is -2.34. The van der Waals surface area contributed by atoms with Crippen LogP contribution in [-0.2, 0) is 14.4 Å². The number of carbonyl (C=O) groups excluding carboxylic acids is 3. The van der Waals surface area contributed by atoms with Crippen molar-refractivity contribution in [3.63, 3.8) is 0 Å². The van der Waals surface area contributed by atoms with E-state index < -0.39 is 0 Å². The molecule has 0 radical (unpaired) electrons. The lowest BCUT2D eigenvalue weighted by Crippen LogP contribution is -2.48. The van der Waals surface area contributed by atoms with Crippen LogP contribution in [0.1, 0.15) is 38.7 Å². The summed E-state index contributed by atoms with van der Waals surface area (Å²) in [5.74, 6) is -0.132. The largest absolute Gasteiger partial charge is 0.331 e. The lowest BCUT2D eigenvalue weighted by atomic mass is 9.84. The van der Waals surface area contributed by atoms with Gasteiger partial charge in [-0.15, -0.1) is 0 Å². The zero-order valence-electron chi connectivity index (χ0n) is 15.8. The van der Waals surface area contributed by atoms with Crippen molar-refractivity contribution in [1.29, 1.82) is 0 Å². The van der Waals surface area contributed by atoms with Crippen LogP contribution in [-0.4, -0.2) is 53.3 Å². The van der Waals surface area contributed by atoms with Gasteiger partial charge in [-0.3, -0.25) is 19.3 Å². The Labute approximate surface area is 154 Å². The average Bonchev–Trinajstić information content (AvgIpc) is 2.93. The van der Waals surface area contributed by atoms with Crippen LogP contribution in [0.15, 0.2) is 24.3 Å². The molecule has 2 fully saturated rings. The maximum atomic E-state index is 12.7. The molecular weight excluding hydrogens is 330 g/mol. The molecule has 0 unspecified atom stereocenters. The Hall–Kier alpha value is -2.37. The van der Waals surface area contributed by atoms with Crippen LogP contribution in [0.25, 0.3) is 0 Å². The van der Waals surface area contributed by atoms with Gasteiger partial charge in [0.2, 0.25) is 17.7 Å². The lowest BCUT2D eigenvalue weighted by molar-refractivity contribution is -0.146. The van der Waals surface area contributed by atoms with Crippen LogP contribution in [0.4, 0.5) is 5.69 Å². The minimum atomic E-state index is -0.172. The van der Waals surface area contributed by atoms with Gasteiger partial charge in [0.05, 0.1) is 0 Å². The predicted molar refractivity (Wildman–Crippen MR) is 99.4 cm³/mol. The smallest absolute Gasteiger partial charge is 0.248 e. The molecule has 1 saturated carbocycles. The summed E-state index contributed by atoms with van der Waals surface area (Å²) in [5.41, 5.74) is 1.91. The number of hydrogen-bond donors (Lipinski definition) is 0. The molecule has 1 aliphatic carbocycles. The van der Waals surface area contributed by atoms with Gasteiger partial charge in [-0.2, -0.15) is 0 Å². The molecule has 0 aromatic heterocycles. The highest BCUT2D eigenvalue weighted by atomic mass is 16.2. The first kappa shape index (κ1) is 18.4. The van der Waals surface area contributed by atoms with E-state index in [1.165, 1.54) is 4.90 Å². The summed E-state index contributed by atoms with van der Waals surface area (Å²) < 4.78 is 0. The molecule has 1 aromatic rings. The number of rotatable bonds is 5. The first-order valence-corrected chi connectivity index (χ1v) is 9.32. The Morgan fingerprint density at radius 1 is 1.19 bits per heavy atom. The van der Waals surface area contributed by atoms with Gasteiger partial charge >= 0.3 is 0 Å². The van der Waals surface area contributed by atoms with E-state index in [1.54, 1.807) is 9.80 Å². The summed E-state index contributed by atoms with van der Waals surface area (Å²) in [4.78, 5) is 42.5. The molecule has 1 aliphatic heterocycles. The number of nitrogens with zero attached hydrogens (tertiary/aromatic N) is 3. The SMILES string of the molecule is Cc1ccc(N2CN(C(=O)CN(C(=O)C3CCC3)C(C)C)CC2=O)cc1. The molecule has 6 heteroatoms. The second-order valence-electron chi connectivity index (χ2n) is 7.58. The summed E-state index contributed by atoms with van der Waals surface area (Å²) in [6.45, 7) is 6.20. The van der Waals surface area contributed by atoms with Crippen LogP contribution in [0.3, 0.4) is 0 Å². The Morgan fingerprint density at radius 2 is 1.85 bits per heavy atom. The van der Waals surface area contributed by atoms with Crippen molar-refractivity contribution >= 4 is 23.4 Å².